The summed E-state index contributed by atoms with van der Waals surface area (Å²) in [5.74, 6) is -2.09. The average molecular weight is 512 g/mol. The van der Waals surface area contributed by atoms with Crippen LogP contribution < -0.4 is 15.4 Å². The molecule has 0 saturated carbocycles. The van der Waals surface area contributed by atoms with E-state index in [1.807, 2.05) is 30.3 Å². The molecule has 182 valence electrons. The molecule has 4 rings (SSSR count). The standard InChI is InChI=1S/C25H25N3O5S2/c1-14(22(29)28-25-27-20-11-10-16(33-2)13-21(20)35-25)34-17-7-5-6-15(12-17)26-23(30)18-8-3-4-9-19(18)24(31)32/h3-7,10-14,18-19H,8-9H2,1-2H3,(H,26,30)(H,31,32)(H,27,28,29). The number of hydrogen-bond donors (Lipinski definition) is 3. The maximum atomic E-state index is 12.8. The van der Waals surface area contributed by atoms with E-state index in [1.165, 1.54) is 23.1 Å². The number of thiazole rings is 1. The lowest BCUT2D eigenvalue weighted by Crippen LogP contribution is -2.34. The molecule has 10 heteroatoms. The SMILES string of the molecule is COc1ccc2nc(NC(=O)C(C)Sc3cccc(NC(=O)C4CC=CCC4C(=O)O)c3)sc2c1. The second-order valence-corrected chi connectivity index (χ2v) is 10.6. The second kappa shape index (κ2) is 10.9. The van der Waals surface area contributed by atoms with Gasteiger partial charge in [-0.3, -0.25) is 14.4 Å². The number of carboxylic acids is 1. The highest BCUT2D eigenvalue weighted by atomic mass is 32.2. The summed E-state index contributed by atoms with van der Waals surface area (Å²) >= 11 is 2.73. The largest absolute Gasteiger partial charge is 0.497 e. The van der Waals surface area contributed by atoms with Crippen molar-refractivity contribution in [3.8, 4) is 5.75 Å². The average Bonchev–Trinajstić information content (AvgIpc) is 3.25. The predicted octanol–water partition coefficient (Wildman–Crippen LogP) is 5.03. The highest BCUT2D eigenvalue weighted by Gasteiger charge is 2.34. The van der Waals surface area contributed by atoms with E-state index >= 15 is 0 Å². The number of amides is 2. The number of aromatic nitrogens is 1. The number of carbonyl (C=O) groups excluding carboxylic acids is 2. The van der Waals surface area contributed by atoms with E-state index in [2.05, 4.69) is 15.6 Å². The molecule has 2 amide bonds. The number of anilines is 2. The molecule has 3 unspecified atom stereocenters. The number of methoxy groups -OCH3 is 1. The number of benzene rings is 2. The van der Waals surface area contributed by atoms with Gasteiger partial charge in [0.2, 0.25) is 11.8 Å². The Bertz CT molecular complexity index is 1290. The van der Waals surface area contributed by atoms with Gasteiger partial charge in [-0.25, -0.2) is 4.98 Å². The maximum absolute atomic E-state index is 12.8. The van der Waals surface area contributed by atoms with Gasteiger partial charge in [0.05, 0.1) is 34.4 Å². The molecule has 0 bridgehead atoms. The number of aliphatic carboxylic acids is 1. The van der Waals surface area contributed by atoms with E-state index in [9.17, 15) is 19.5 Å². The monoisotopic (exact) mass is 511 g/mol. The van der Waals surface area contributed by atoms with Gasteiger partial charge in [0.1, 0.15) is 5.75 Å². The van der Waals surface area contributed by atoms with Crippen LogP contribution in [0.15, 0.2) is 59.5 Å². The molecule has 0 radical (unpaired) electrons. The van der Waals surface area contributed by atoms with Crippen molar-refractivity contribution < 1.29 is 24.2 Å². The van der Waals surface area contributed by atoms with Crippen molar-refractivity contribution >= 4 is 61.9 Å². The number of hydrogen-bond acceptors (Lipinski definition) is 7. The normalized spacial score (nSPS) is 18.1. The number of thioether (sulfide) groups is 1. The number of rotatable bonds is 8. The summed E-state index contributed by atoms with van der Waals surface area (Å²) in [6.45, 7) is 1.80. The van der Waals surface area contributed by atoms with Crippen molar-refractivity contribution in [3.05, 3.63) is 54.6 Å². The molecule has 2 aromatic carbocycles. The van der Waals surface area contributed by atoms with Gasteiger partial charge in [-0.15, -0.1) is 11.8 Å². The van der Waals surface area contributed by atoms with Gasteiger partial charge in [0.25, 0.3) is 0 Å². The number of ether oxygens (including phenoxy) is 1. The number of carboxylic acid groups (broad SMARTS) is 1. The van der Waals surface area contributed by atoms with Gasteiger partial charge >= 0.3 is 5.97 Å². The summed E-state index contributed by atoms with van der Waals surface area (Å²) in [5, 5.41) is 15.2. The first-order chi connectivity index (χ1) is 16.8. The van der Waals surface area contributed by atoms with Gasteiger partial charge in [0, 0.05) is 10.6 Å². The molecule has 0 spiro atoms. The van der Waals surface area contributed by atoms with Crippen LogP contribution in [0.5, 0.6) is 5.75 Å². The van der Waals surface area contributed by atoms with Crippen LogP contribution in [-0.2, 0) is 14.4 Å². The van der Waals surface area contributed by atoms with Crippen molar-refractivity contribution in [1.29, 1.82) is 0 Å². The van der Waals surface area contributed by atoms with Crippen LogP contribution in [-0.4, -0.2) is 40.2 Å². The Labute approximate surface area is 210 Å². The first-order valence-corrected chi connectivity index (χ1v) is 12.7. The fourth-order valence-electron chi connectivity index (χ4n) is 3.81. The molecular formula is C25H25N3O5S2. The number of fused-ring (bicyclic) bond motifs is 1. The molecule has 1 heterocycles. The molecule has 1 aliphatic rings. The number of carbonyl (C=O) groups is 3. The summed E-state index contributed by atoms with van der Waals surface area (Å²) in [5.41, 5.74) is 1.35. The van der Waals surface area contributed by atoms with E-state index in [0.29, 0.717) is 23.7 Å². The zero-order valence-corrected chi connectivity index (χ0v) is 20.8. The fourth-order valence-corrected chi connectivity index (χ4v) is 5.63. The van der Waals surface area contributed by atoms with Crippen LogP contribution in [0.3, 0.4) is 0 Å². The lowest BCUT2D eigenvalue weighted by molar-refractivity contribution is -0.146. The highest BCUT2D eigenvalue weighted by Crippen LogP contribution is 2.32. The first-order valence-electron chi connectivity index (χ1n) is 11.0. The van der Waals surface area contributed by atoms with E-state index < -0.39 is 23.1 Å². The minimum Gasteiger partial charge on any atom is -0.497 e. The van der Waals surface area contributed by atoms with Crippen LogP contribution in [0.25, 0.3) is 10.2 Å². The van der Waals surface area contributed by atoms with Crippen molar-refractivity contribution in [1.82, 2.24) is 4.98 Å². The molecular weight excluding hydrogens is 486 g/mol. The Hall–Kier alpha value is -3.37. The maximum Gasteiger partial charge on any atom is 0.307 e. The van der Waals surface area contributed by atoms with E-state index in [0.717, 1.165) is 20.9 Å². The van der Waals surface area contributed by atoms with Crippen LogP contribution in [0.2, 0.25) is 0 Å². The molecule has 35 heavy (non-hydrogen) atoms. The Morgan fingerprint density at radius 1 is 1.11 bits per heavy atom. The molecule has 8 nitrogen and oxygen atoms in total. The van der Waals surface area contributed by atoms with Crippen LogP contribution in [0.1, 0.15) is 19.8 Å². The van der Waals surface area contributed by atoms with Gasteiger partial charge < -0.3 is 20.5 Å². The number of nitrogens with zero attached hydrogens (tertiary/aromatic N) is 1. The number of allylic oxidation sites excluding steroid dienone is 2. The molecule has 1 aliphatic carbocycles. The van der Waals surface area contributed by atoms with Crippen molar-refractivity contribution in [3.63, 3.8) is 0 Å². The smallest absolute Gasteiger partial charge is 0.307 e. The Morgan fingerprint density at radius 3 is 2.63 bits per heavy atom. The summed E-state index contributed by atoms with van der Waals surface area (Å²) in [6, 6.07) is 12.7. The summed E-state index contributed by atoms with van der Waals surface area (Å²) in [7, 11) is 1.60. The Kier molecular flexibility index (Phi) is 7.72. The van der Waals surface area contributed by atoms with E-state index in [1.54, 1.807) is 38.3 Å². The molecule has 0 fully saturated rings. The Morgan fingerprint density at radius 2 is 1.89 bits per heavy atom. The third-order valence-corrected chi connectivity index (χ3v) is 7.72. The lowest BCUT2D eigenvalue weighted by Gasteiger charge is -2.24. The van der Waals surface area contributed by atoms with E-state index in [4.69, 9.17) is 4.74 Å². The summed E-state index contributed by atoms with van der Waals surface area (Å²) in [4.78, 5) is 42.3. The van der Waals surface area contributed by atoms with Crippen molar-refractivity contribution in [2.45, 2.75) is 29.9 Å². The van der Waals surface area contributed by atoms with Gasteiger partial charge in [0.15, 0.2) is 5.13 Å². The van der Waals surface area contributed by atoms with Crippen molar-refractivity contribution in [2.75, 3.05) is 17.7 Å². The first kappa shape index (κ1) is 24.7. The fraction of sp³-hybridized carbons (Fsp3) is 0.280. The highest BCUT2D eigenvalue weighted by molar-refractivity contribution is 8.00. The lowest BCUT2D eigenvalue weighted by atomic mass is 9.82. The quantitative estimate of drug-likeness (QED) is 0.287. The summed E-state index contributed by atoms with van der Waals surface area (Å²) in [6.07, 6.45) is 4.39. The number of nitrogens with one attached hydrogen (secondary N) is 2. The molecule has 1 aromatic heterocycles. The van der Waals surface area contributed by atoms with Gasteiger partial charge in [-0.1, -0.05) is 29.6 Å². The zero-order valence-electron chi connectivity index (χ0n) is 19.2. The van der Waals surface area contributed by atoms with Crippen LogP contribution >= 0.6 is 23.1 Å². The topological polar surface area (TPSA) is 118 Å². The molecule has 0 saturated heterocycles. The van der Waals surface area contributed by atoms with Gasteiger partial charge in [-0.05, 0) is 56.2 Å². The molecule has 3 aromatic rings. The third-order valence-electron chi connectivity index (χ3n) is 5.70. The minimum atomic E-state index is -0.967. The summed E-state index contributed by atoms with van der Waals surface area (Å²) < 4.78 is 6.15. The van der Waals surface area contributed by atoms with Crippen LogP contribution in [0.4, 0.5) is 10.8 Å². The van der Waals surface area contributed by atoms with Crippen molar-refractivity contribution in [2.24, 2.45) is 11.8 Å². The molecule has 3 atom stereocenters. The van der Waals surface area contributed by atoms with E-state index in [-0.39, 0.29) is 11.8 Å². The predicted molar refractivity (Wildman–Crippen MR) is 138 cm³/mol. The zero-order chi connectivity index (χ0) is 24.9. The second-order valence-electron chi connectivity index (χ2n) is 8.11. The Balaban J connectivity index is 1.38. The molecule has 0 aliphatic heterocycles. The van der Waals surface area contributed by atoms with Crippen LogP contribution in [0, 0.1) is 11.8 Å². The third kappa shape index (κ3) is 6.01. The van der Waals surface area contributed by atoms with Gasteiger partial charge in [-0.2, -0.15) is 0 Å². The minimum absolute atomic E-state index is 0.186. The molecule has 3 N–H and O–H groups in total.